The molecule has 210 valence electrons. The lowest BCUT2D eigenvalue weighted by molar-refractivity contribution is 0.0548. The van der Waals surface area contributed by atoms with Gasteiger partial charge in [0, 0.05) is 43.6 Å². The van der Waals surface area contributed by atoms with Crippen molar-refractivity contribution in [2.45, 2.75) is 32.6 Å². The summed E-state index contributed by atoms with van der Waals surface area (Å²) in [7, 11) is 0. The lowest BCUT2D eigenvalue weighted by Crippen LogP contribution is -2.36. The first-order valence-corrected chi connectivity index (χ1v) is 17.9. The van der Waals surface area contributed by atoms with Gasteiger partial charge >= 0.3 is 0 Å². The van der Waals surface area contributed by atoms with Gasteiger partial charge in [0.25, 0.3) is 0 Å². The zero-order chi connectivity index (χ0) is 27.4. The first kappa shape index (κ1) is 27.7. The van der Waals surface area contributed by atoms with Crippen molar-refractivity contribution in [3.63, 3.8) is 0 Å². The van der Waals surface area contributed by atoms with Crippen LogP contribution in [0.3, 0.4) is 0 Å². The van der Waals surface area contributed by atoms with E-state index in [0.717, 1.165) is 84.5 Å². The Bertz CT molecular complexity index is 1270. The third-order valence-electron chi connectivity index (χ3n) is 8.67. The maximum atomic E-state index is 6.98. The molecular formula is C34H41N2O2PS. The van der Waals surface area contributed by atoms with Crippen LogP contribution >= 0.6 is 6.04 Å². The van der Waals surface area contributed by atoms with Crippen LogP contribution in [0.15, 0.2) is 93.8 Å². The van der Waals surface area contributed by atoms with E-state index in [1.807, 2.05) is 0 Å². The van der Waals surface area contributed by atoms with Crippen LogP contribution in [0.25, 0.3) is 12.2 Å². The van der Waals surface area contributed by atoms with E-state index in [1.165, 1.54) is 33.7 Å². The highest BCUT2D eigenvalue weighted by Gasteiger charge is 2.40. The highest BCUT2D eigenvalue weighted by molar-refractivity contribution is 8.18. The fourth-order valence-electron chi connectivity index (χ4n) is 6.73. The SMILES string of the molecule is CCP(=S)(C1=C(N2CCOCC2)/C(=C/c2ccccc2)CC1)C1=C(N2CCOCC2)/C(=C/c2ccccc2)CC1. The van der Waals surface area contributed by atoms with E-state index in [4.69, 9.17) is 21.3 Å². The summed E-state index contributed by atoms with van der Waals surface area (Å²) in [5.74, 6) is 0. The Labute approximate surface area is 245 Å². The molecule has 0 aromatic heterocycles. The molecule has 0 amide bonds. The van der Waals surface area contributed by atoms with Crippen LogP contribution in [0.2, 0.25) is 0 Å². The Hall–Kier alpha value is -2.43. The van der Waals surface area contributed by atoms with E-state index >= 15 is 0 Å². The number of hydrogen-bond donors (Lipinski definition) is 0. The largest absolute Gasteiger partial charge is 0.378 e. The predicted octanol–water partition coefficient (Wildman–Crippen LogP) is 7.33. The standard InChI is InChI=1S/C34H41N2O2PS/c1-2-39(40,31-15-13-29(25-27-9-5-3-6-10-27)33(31)35-17-21-37-22-18-35)32-16-14-30(26-28-11-7-4-8-12-28)34(32)36-19-23-38-24-20-36/h3-12,25-26H,2,13-24H2,1H3/b29-25+,30-26+. The van der Waals surface area contributed by atoms with Crippen LogP contribution in [0.1, 0.15) is 43.7 Å². The number of rotatable bonds is 7. The molecule has 2 fully saturated rings. The quantitative estimate of drug-likeness (QED) is 0.324. The fourth-order valence-corrected chi connectivity index (χ4v) is 11.1. The van der Waals surface area contributed by atoms with Crippen molar-refractivity contribution in [3.05, 3.63) is 105 Å². The highest BCUT2D eigenvalue weighted by atomic mass is 32.4. The Morgan fingerprint density at radius 1 is 0.650 bits per heavy atom. The minimum Gasteiger partial charge on any atom is -0.378 e. The maximum Gasteiger partial charge on any atom is 0.0642 e. The molecule has 6 rings (SSSR count). The second-order valence-corrected chi connectivity index (χ2v) is 16.1. The highest BCUT2D eigenvalue weighted by Crippen LogP contribution is 2.70. The van der Waals surface area contributed by atoms with Gasteiger partial charge < -0.3 is 19.3 Å². The van der Waals surface area contributed by atoms with Crippen molar-refractivity contribution in [1.29, 1.82) is 0 Å². The molecule has 6 heteroatoms. The summed E-state index contributed by atoms with van der Waals surface area (Å²) >= 11 is 6.98. The van der Waals surface area contributed by atoms with E-state index < -0.39 is 6.04 Å². The van der Waals surface area contributed by atoms with Crippen molar-refractivity contribution in [2.75, 3.05) is 58.8 Å². The summed E-state index contributed by atoms with van der Waals surface area (Å²) in [6.07, 6.45) is 10.2. The second kappa shape index (κ2) is 12.6. The summed E-state index contributed by atoms with van der Waals surface area (Å²) in [6, 6.07) is 19.6. The minimum absolute atomic E-state index is 0.788. The Balaban J connectivity index is 1.50. The number of morpholine rings is 2. The predicted molar refractivity (Wildman–Crippen MR) is 171 cm³/mol. The minimum atomic E-state index is -1.98. The summed E-state index contributed by atoms with van der Waals surface area (Å²) < 4.78 is 11.6. The number of benzene rings is 2. The third kappa shape index (κ3) is 5.67. The van der Waals surface area contributed by atoms with Gasteiger partial charge in [0.05, 0.1) is 26.4 Å². The molecule has 2 aromatic rings. The van der Waals surface area contributed by atoms with E-state index in [9.17, 15) is 0 Å². The molecule has 2 heterocycles. The van der Waals surface area contributed by atoms with Crippen molar-refractivity contribution in [3.8, 4) is 0 Å². The zero-order valence-electron chi connectivity index (χ0n) is 23.7. The average molecular weight is 573 g/mol. The van der Waals surface area contributed by atoms with Crippen LogP contribution < -0.4 is 0 Å². The summed E-state index contributed by atoms with van der Waals surface area (Å²) in [5.41, 5.74) is 8.36. The molecule has 40 heavy (non-hydrogen) atoms. The molecule has 0 radical (unpaired) electrons. The fraction of sp³-hybridized carbons (Fsp3) is 0.412. The first-order valence-electron chi connectivity index (χ1n) is 14.9. The Kier molecular flexibility index (Phi) is 8.74. The van der Waals surface area contributed by atoms with Gasteiger partial charge in [-0.3, -0.25) is 0 Å². The normalized spacial score (nSPS) is 22.7. The maximum absolute atomic E-state index is 6.98. The molecule has 2 aliphatic heterocycles. The molecule has 0 bridgehead atoms. The van der Waals surface area contributed by atoms with E-state index in [1.54, 1.807) is 10.6 Å². The van der Waals surface area contributed by atoms with Crippen molar-refractivity contribution < 1.29 is 9.47 Å². The lowest BCUT2D eigenvalue weighted by atomic mass is 10.1. The Morgan fingerprint density at radius 2 is 1.05 bits per heavy atom. The molecule has 2 aromatic carbocycles. The molecular weight excluding hydrogens is 531 g/mol. The van der Waals surface area contributed by atoms with Crippen LogP contribution in [-0.2, 0) is 21.3 Å². The van der Waals surface area contributed by atoms with Gasteiger partial charge in [-0.15, -0.1) is 0 Å². The molecule has 0 unspecified atom stereocenters. The van der Waals surface area contributed by atoms with Gasteiger partial charge in [0.15, 0.2) is 0 Å². The lowest BCUT2D eigenvalue weighted by Gasteiger charge is -2.36. The van der Waals surface area contributed by atoms with Crippen LogP contribution in [-0.4, -0.2) is 68.6 Å². The van der Waals surface area contributed by atoms with Gasteiger partial charge in [0.2, 0.25) is 0 Å². The van der Waals surface area contributed by atoms with Crippen LogP contribution in [0.5, 0.6) is 0 Å². The van der Waals surface area contributed by atoms with Crippen molar-refractivity contribution in [2.24, 2.45) is 0 Å². The molecule has 0 atom stereocenters. The number of allylic oxidation sites excluding steroid dienone is 4. The topological polar surface area (TPSA) is 24.9 Å². The molecule has 0 N–H and O–H groups in total. The number of ether oxygens (including phenoxy) is 2. The smallest absolute Gasteiger partial charge is 0.0642 e. The molecule has 4 nitrogen and oxygen atoms in total. The molecule has 2 aliphatic carbocycles. The van der Waals surface area contributed by atoms with Crippen molar-refractivity contribution in [1.82, 2.24) is 9.80 Å². The summed E-state index contributed by atoms with van der Waals surface area (Å²) in [5, 5.41) is 3.13. The molecule has 4 aliphatic rings. The molecule has 0 spiro atoms. The summed E-state index contributed by atoms with van der Waals surface area (Å²) in [6.45, 7) is 9.28. The zero-order valence-corrected chi connectivity index (χ0v) is 25.4. The Morgan fingerprint density at radius 3 is 1.43 bits per heavy atom. The monoisotopic (exact) mass is 572 g/mol. The average Bonchev–Trinajstić information content (AvgIpc) is 3.64. The van der Waals surface area contributed by atoms with Gasteiger partial charge in [-0.05, 0) is 76.9 Å². The van der Waals surface area contributed by atoms with Gasteiger partial charge in [0.1, 0.15) is 0 Å². The second-order valence-electron chi connectivity index (χ2n) is 11.0. The first-order chi connectivity index (χ1) is 19.7. The van der Waals surface area contributed by atoms with Gasteiger partial charge in [-0.2, -0.15) is 0 Å². The van der Waals surface area contributed by atoms with Crippen LogP contribution in [0.4, 0.5) is 0 Å². The van der Waals surface area contributed by atoms with Gasteiger partial charge in [-0.1, -0.05) is 79.4 Å². The summed E-state index contributed by atoms with van der Waals surface area (Å²) in [4.78, 5) is 5.20. The van der Waals surface area contributed by atoms with Gasteiger partial charge in [-0.25, -0.2) is 0 Å². The van der Waals surface area contributed by atoms with Crippen molar-refractivity contribution >= 4 is 30.0 Å². The number of hydrogen-bond acceptors (Lipinski definition) is 5. The molecule has 0 saturated carbocycles. The van der Waals surface area contributed by atoms with Crippen LogP contribution in [0, 0.1) is 0 Å². The third-order valence-corrected chi connectivity index (χ3v) is 14.3. The molecule has 2 saturated heterocycles. The van der Waals surface area contributed by atoms with E-state index in [0.29, 0.717) is 0 Å². The number of nitrogens with zero attached hydrogens (tertiary/aromatic N) is 2. The van der Waals surface area contributed by atoms with E-state index in [2.05, 4.69) is 89.5 Å². The van der Waals surface area contributed by atoms with E-state index in [-0.39, 0.29) is 0 Å².